The highest BCUT2D eigenvalue weighted by atomic mass is 16.5. The van der Waals surface area contributed by atoms with E-state index < -0.39 is 0 Å². The van der Waals surface area contributed by atoms with Gasteiger partial charge in [0.05, 0.1) is 6.10 Å². The Bertz CT molecular complexity index is 596. The van der Waals surface area contributed by atoms with Gasteiger partial charge in [-0.3, -0.25) is 0 Å². The summed E-state index contributed by atoms with van der Waals surface area (Å²) in [6, 6.07) is 13.1. The predicted molar refractivity (Wildman–Crippen MR) is 83.9 cm³/mol. The molecule has 0 unspecified atom stereocenters. The van der Waals surface area contributed by atoms with Crippen LogP contribution in [0.3, 0.4) is 0 Å². The lowest BCUT2D eigenvalue weighted by molar-refractivity contribution is 0.243. The molecule has 0 amide bonds. The molecular weight excluding hydrogens is 266 g/mol. The number of hydrogen-bond donors (Lipinski definition) is 2. The van der Waals surface area contributed by atoms with Crippen LogP contribution in [-0.2, 0) is 6.42 Å². The number of aliphatic hydroxyl groups is 1. The molecule has 112 valence electrons. The molecule has 21 heavy (non-hydrogen) atoms. The van der Waals surface area contributed by atoms with Crippen LogP contribution in [0.5, 0.6) is 17.2 Å². The number of rotatable bonds is 6. The van der Waals surface area contributed by atoms with Gasteiger partial charge in [-0.05, 0) is 44.0 Å². The zero-order valence-electron chi connectivity index (χ0n) is 12.4. The van der Waals surface area contributed by atoms with E-state index in [2.05, 4.69) is 0 Å². The molecule has 0 spiro atoms. The summed E-state index contributed by atoms with van der Waals surface area (Å²) in [6.45, 7) is 3.97. The van der Waals surface area contributed by atoms with Crippen LogP contribution in [0.15, 0.2) is 42.5 Å². The molecule has 0 saturated carbocycles. The van der Waals surface area contributed by atoms with E-state index in [0.29, 0.717) is 29.4 Å². The molecule has 2 aromatic rings. The maximum Gasteiger partial charge on any atom is 0.154 e. The van der Waals surface area contributed by atoms with E-state index in [1.54, 1.807) is 6.07 Å². The minimum absolute atomic E-state index is 0.0456. The molecule has 0 fully saturated rings. The van der Waals surface area contributed by atoms with Gasteiger partial charge in [-0.25, -0.2) is 0 Å². The summed E-state index contributed by atoms with van der Waals surface area (Å²) in [5.74, 6) is 1.86. The van der Waals surface area contributed by atoms with Gasteiger partial charge in [0, 0.05) is 6.61 Å². The fourth-order valence-corrected chi connectivity index (χ4v) is 2.02. The van der Waals surface area contributed by atoms with Crippen molar-refractivity contribution < 1.29 is 14.6 Å². The van der Waals surface area contributed by atoms with Crippen molar-refractivity contribution in [2.45, 2.75) is 26.4 Å². The van der Waals surface area contributed by atoms with Gasteiger partial charge in [0.25, 0.3) is 0 Å². The van der Waals surface area contributed by atoms with Gasteiger partial charge in [-0.15, -0.1) is 0 Å². The summed E-state index contributed by atoms with van der Waals surface area (Å²) in [5, 5.41) is 9.11. The molecule has 0 bridgehead atoms. The number of nitrogen functional groups attached to an aromatic ring is 1. The number of hydrogen-bond acceptors (Lipinski definition) is 4. The molecule has 2 aromatic carbocycles. The molecule has 0 heterocycles. The summed E-state index contributed by atoms with van der Waals surface area (Å²) < 4.78 is 11.6. The number of anilines is 1. The SMILES string of the molecule is CC(C)Oc1cccc(Oc2ccccc2CCO)c1N. The highest BCUT2D eigenvalue weighted by Crippen LogP contribution is 2.36. The lowest BCUT2D eigenvalue weighted by Gasteiger charge is -2.16. The Morgan fingerprint density at radius 3 is 2.38 bits per heavy atom. The number of para-hydroxylation sites is 2. The first-order valence-corrected chi connectivity index (χ1v) is 7.03. The molecule has 0 aliphatic carbocycles. The zero-order chi connectivity index (χ0) is 15.2. The summed E-state index contributed by atoms with van der Waals surface area (Å²) in [6.07, 6.45) is 0.586. The molecule has 4 heteroatoms. The minimum atomic E-state index is 0.0456. The number of ether oxygens (including phenoxy) is 2. The van der Waals surface area contributed by atoms with E-state index in [9.17, 15) is 0 Å². The van der Waals surface area contributed by atoms with E-state index in [1.165, 1.54) is 0 Å². The molecule has 0 aliphatic heterocycles. The van der Waals surface area contributed by atoms with Gasteiger partial charge < -0.3 is 20.3 Å². The normalized spacial score (nSPS) is 10.7. The Labute approximate surface area is 125 Å². The van der Waals surface area contributed by atoms with Crippen LogP contribution in [0.4, 0.5) is 5.69 Å². The Kier molecular flexibility index (Phi) is 5.06. The van der Waals surface area contributed by atoms with E-state index >= 15 is 0 Å². The zero-order valence-corrected chi connectivity index (χ0v) is 12.4. The number of nitrogens with two attached hydrogens (primary N) is 1. The molecule has 0 saturated heterocycles. The second kappa shape index (κ2) is 6.99. The van der Waals surface area contributed by atoms with Crippen LogP contribution in [-0.4, -0.2) is 17.8 Å². The van der Waals surface area contributed by atoms with Crippen LogP contribution in [0.1, 0.15) is 19.4 Å². The lowest BCUT2D eigenvalue weighted by atomic mass is 10.1. The van der Waals surface area contributed by atoms with E-state index in [0.717, 1.165) is 5.56 Å². The Balaban J connectivity index is 2.28. The quantitative estimate of drug-likeness (QED) is 0.799. The Hall–Kier alpha value is -2.20. The van der Waals surface area contributed by atoms with Crippen molar-refractivity contribution in [2.24, 2.45) is 0 Å². The van der Waals surface area contributed by atoms with Gasteiger partial charge in [-0.2, -0.15) is 0 Å². The summed E-state index contributed by atoms with van der Waals surface area (Å²) in [5.41, 5.74) is 7.52. The lowest BCUT2D eigenvalue weighted by Crippen LogP contribution is -2.08. The van der Waals surface area contributed by atoms with Crippen molar-refractivity contribution in [3.8, 4) is 17.2 Å². The highest BCUT2D eigenvalue weighted by Gasteiger charge is 2.11. The van der Waals surface area contributed by atoms with Crippen LogP contribution >= 0.6 is 0 Å². The third kappa shape index (κ3) is 3.89. The topological polar surface area (TPSA) is 64.7 Å². The van der Waals surface area contributed by atoms with Crippen LogP contribution in [0.2, 0.25) is 0 Å². The smallest absolute Gasteiger partial charge is 0.154 e. The molecular formula is C17H21NO3. The van der Waals surface area contributed by atoms with Crippen molar-refractivity contribution >= 4 is 5.69 Å². The molecule has 4 nitrogen and oxygen atoms in total. The first kappa shape index (κ1) is 15.2. The monoisotopic (exact) mass is 287 g/mol. The van der Waals surface area contributed by atoms with Crippen molar-refractivity contribution in [1.29, 1.82) is 0 Å². The largest absolute Gasteiger partial charge is 0.489 e. The first-order valence-electron chi connectivity index (χ1n) is 7.03. The molecule has 3 N–H and O–H groups in total. The van der Waals surface area contributed by atoms with Gasteiger partial charge >= 0.3 is 0 Å². The second-order valence-electron chi connectivity index (χ2n) is 5.02. The second-order valence-corrected chi connectivity index (χ2v) is 5.02. The average molecular weight is 287 g/mol. The third-order valence-corrected chi connectivity index (χ3v) is 2.96. The summed E-state index contributed by atoms with van der Waals surface area (Å²) in [4.78, 5) is 0. The highest BCUT2D eigenvalue weighted by molar-refractivity contribution is 5.63. The molecule has 0 aromatic heterocycles. The van der Waals surface area contributed by atoms with Gasteiger partial charge in [0.1, 0.15) is 17.2 Å². The Morgan fingerprint density at radius 2 is 1.67 bits per heavy atom. The van der Waals surface area contributed by atoms with Crippen LogP contribution in [0.25, 0.3) is 0 Å². The standard InChI is InChI=1S/C17H21NO3/c1-12(2)20-15-8-5-9-16(17(15)18)21-14-7-4-3-6-13(14)10-11-19/h3-9,12,19H,10-11,18H2,1-2H3. The summed E-state index contributed by atoms with van der Waals surface area (Å²) in [7, 11) is 0. The maximum atomic E-state index is 9.11. The van der Waals surface area contributed by atoms with E-state index in [4.69, 9.17) is 20.3 Å². The molecule has 0 aliphatic rings. The van der Waals surface area contributed by atoms with Gasteiger partial charge in [-0.1, -0.05) is 24.3 Å². The van der Waals surface area contributed by atoms with Crippen molar-refractivity contribution in [3.63, 3.8) is 0 Å². The van der Waals surface area contributed by atoms with E-state index in [-0.39, 0.29) is 12.7 Å². The van der Waals surface area contributed by atoms with Gasteiger partial charge in [0.15, 0.2) is 5.75 Å². The Morgan fingerprint density at radius 1 is 1.00 bits per heavy atom. The molecule has 2 rings (SSSR count). The van der Waals surface area contributed by atoms with Crippen LogP contribution < -0.4 is 15.2 Å². The van der Waals surface area contributed by atoms with Gasteiger partial charge in [0.2, 0.25) is 0 Å². The first-order chi connectivity index (χ1) is 10.1. The minimum Gasteiger partial charge on any atom is -0.489 e. The predicted octanol–water partition coefficient (Wildman–Crippen LogP) is 3.38. The van der Waals surface area contributed by atoms with Crippen LogP contribution in [0, 0.1) is 0 Å². The molecule has 0 radical (unpaired) electrons. The van der Waals surface area contributed by atoms with Crippen molar-refractivity contribution in [1.82, 2.24) is 0 Å². The average Bonchev–Trinajstić information content (AvgIpc) is 2.45. The molecule has 0 atom stereocenters. The third-order valence-electron chi connectivity index (χ3n) is 2.96. The van der Waals surface area contributed by atoms with Crippen molar-refractivity contribution in [2.75, 3.05) is 12.3 Å². The fraction of sp³-hybridized carbons (Fsp3) is 0.294. The maximum absolute atomic E-state index is 9.11. The fourth-order valence-electron chi connectivity index (χ4n) is 2.02. The van der Waals surface area contributed by atoms with E-state index in [1.807, 2.05) is 50.2 Å². The number of aliphatic hydroxyl groups excluding tert-OH is 1. The summed E-state index contributed by atoms with van der Waals surface area (Å²) >= 11 is 0. The number of benzene rings is 2. The van der Waals surface area contributed by atoms with Crippen molar-refractivity contribution in [3.05, 3.63) is 48.0 Å².